The Bertz CT molecular complexity index is 684. The maximum atomic E-state index is 4.37. The number of rotatable bonds is 6. The van der Waals surface area contributed by atoms with E-state index in [9.17, 15) is 0 Å². The van der Waals surface area contributed by atoms with Gasteiger partial charge in [0.1, 0.15) is 0 Å². The van der Waals surface area contributed by atoms with Gasteiger partial charge in [0.25, 0.3) is 0 Å². The third-order valence-electron chi connectivity index (χ3n) is 3.42. The zero-order chi connectivity index (χ0) is 14.5. The molecule has 0 amide bonds. The van der Waals surface area contributed by atoms with Crippen LogP contribution in [0.1, 0.15) is 11.3 Å². The molecule has 1 aromatic carbocycles. The van der Waals surface area contributed by atoms with Gasteiger partial charge in [-0.2, -0.15) is 10.2 Å². The molecule has 0 aliphatic rings. The van der Waals surface area contributed by atoms with Crippen LogP contribution in [0.5, 0.6) is 0 Å². The molecule has 0 atom stereocenters. The molecule has 0 aliphatic heterocycles. The number of nitrogens with one attached hydrogen (secondary N) is 2. The molecule has 2 heterocycles. The van der Waals surface area contributed by atoms with E-state index in [4.69, 9.17) is 0 Å². The summed E-state index contributed by atoms with van der Waals surface area (Å²) >= 11 is 0. The molecular weight excluding hydrogens is 262 g/mol. The molecule has 0 bridgehead atoms. The molecule has 5 nitrogen and oxygen atoms in total. The molecule has 0 spiro atoms. The van der Waals surface area contributed by atoms with Crippen LogP contribution < -0.4 is 5.32 Å². The quantitative estimate of drug-likeness (QED) is 0.681. The van der Waals surface area contributed by atoms with Gasteiger partial charge < -0.3 is 5.32 Å². The zero-order valence-electron chi connectivity index (χ0n) is 12.1. The van der Waals surface area contributed by atoms with Crippen LogP contribution in [0.25, 0.3) is 11.3 Å². The van der Waals surface area contributed by atoms with Gasteiger partial charge >= 0.3 is 0 Å². The number of nitrogens with zero attached hydrogens (tertiary/aromatic N) is 3. The normalized spacial score (nSPS) is 10.9. The first-order valence-electron chi connectivity index (χ1n) is 7.10. The lowest BCUT2D eigenvalue weighted by molar-refractivity contribution is 0.666. The first kappa shape index (κ1) is 13.6. The zero-order valence-corrected chi connectivity index (χ0v) is 12.1. The molecular formula is C16H19N5. The standard InChI is InChI=1S/C16H19N5/c1-21-10-8-15(20-21)7-9-17-11-14-12-18-19-16(14)13-5-3-2-4-6-13/h2-6,8,10,12,17H,7,9,11H2,1H3,(H,18,19). The molecule has 108 valence electrons. The maximum absolute atomic E-state index is 4.37. The predicted octanol–water partition coefficient (Wildman–Crippen LogP) is 2.14. The molecule has 2 aromatic heterocycles. The van der Waals surface area contributed by atoms with Gasteiger partial charge in [-0.25, -0.2) is 0 Å². The lowest BCUT2D eigenvalue weighted by Gasteiger charge is -2.05. The highest BCUT2D eigenvalue weighted by Gasteiger charge is 2.06. The SMILES string of the molecule is Cn1ccc(CCNCc2cn[nH]c2-c2ccccc2)n1. The van der Waals surface area contributed by atoms with Crippen LogP contribution in [-0.2, 0) is 20.0 Å². The van der Waals surface area contributed by atoms with E-state index in [0.717, 1.165) is 36.5 Å². The lowest BCUT2D eigenvalue weighted by Crippen LogP contribution is -2.17. The van der Waals surface area contributed by atoms with Crippen molar-refractivity contribution in [3.05, 3.63) is 60.0 Å². The lowest BCUT2D eigenvalue weighted by atomic mass is 10.1. The van der Waals surface area contributed by atoms with Crippen LogP contribution >= 0.6 is 0 Å². The topological polar surface area (TPSA) is 58.5 Å². The summed E-state index contributed by atoms with van der Waals surface area (Å²) < 4.78 is 1.83. The van der Waals surface area contributed by atoms with Gasteiger partial charge in [-0.3, -0.25) is 9.78 Å². The summed E-state index contributed by atoms with van der Waals surface area (Å²) in [6.45, 7) is 1.70. The van der Waals surface area contributed by atoms with E-state index in [1.54, 1.807) is 0 Å². The molecule has 0 aliphatic carbocycles. The van der Waals surface area contributed by atoms with Crippen molar-refractivity contribution in [1.29, 1.82) is 0 Å². The predicted molar refractivity (Wildman–Crippen MR) is 82.6 cm³/mol. The van der Waals surface area contributed by atoms with Crippen molar-refractivity contribution in [2.24, 2.45) is 7.05 Å². The second-order valence-corrected chi connectivity index (χ2v) is 5.04. The van der Waals surface area contributed by atoms with E-state index < -0.39 is 0 Å². The van der Waals surface area contributed by atoms with E-state index in [-0.39, 0.29) is 0 Å². The summed E-state index contributed by atoms with van der Waals surface area (Å²) in [6, 6.07) is 12.3. The summed E-state index contributed by atoms with van der Waals surface area (Å²) in [5, 5.41) is 15.1. The van der Waals surface area contributed by atoms with Crippen molar-refractivity contribution < 1.29 is 0 Å². The fourth-order valence-corrected chi connectivity index (χ4v) is 2.34. The highest BCUT2D eigenvalue weighted by molar-refractivity contribution is 5.62. The Morgan fingerprint density at radius 3 is 2.81 bits per heavy atom. The molecule has 3 rings (SSSR count). The molecule has 3 aromatic rings. The molecule has 0 saturated heterocycles. The number of aryl methyl sites for hydroxylation is 1. The number of aromatic nitrogens is 4. The van der Waals surface area contributed by atoms with E-state index in [0.29, 0.717) is 0 Å². The molecule has 0 fully saturated rings. The van der Waals surface area contributed by atoms with Crippen LogP contribution in [-0.4, -0.2) is 26.5 Å². The highest BCUT2D eigenvalue weighted by Crippen LogP contribution is 2.20. The number of H-pyrrole nitrogens is 1. The van der Waals surface area contributed by atoms with Gasteiger partial charge in [0.2, 0.25) is 0 Å². The largest absolute Gasteiger partial charge is 0.312 e. The summed E-state index contributed by atoms with van der Waals surface area (Å²) in [5.41, 5.74) is 4.54. The van der Waals surface area contributed by atoms with E-state index in [1.807, 2.05) is 42.3 Å². The number of aromatic amines is 1. The fraction of sp³-hybridized carbons (Fsp3) is 0.250. The summed E-state index contributed by atoms with van der Waals surface area (Å²) in [4.78, 5) is 0. The minimum Gasteiger partial charge on any atom is -0.312 e. The second-order valence-electron chi connectivity index (χ2n) is 5.04. The van der Waals surface area contributed by atoms with Crippen LogP contribution in [0, 0.1) is 0 Å². The van der Waals surface area contributed by atoms with Crippen LogP contribution in [0.4, 0.5) is 0 Å². The van der Waals surface area contributed by atoms with Crippen molar-refractivity contribution in [2.75, 3.05) is 6.54 Å². The average molecular weight is 281 g/mol. The molecule has 0 radical (unpaired) electrons. The van der Waals surface area contributed by atoms with Crippen molar-refractivity contribution in [1.82, 2.24) is 25.3 Å². The third kappa shape index (κ3) is 3.38. The Kier molecular flexibility index (Phi) is 4.12. The number of benzene rings is 1. The van der Waals surface area contributed by atoms with Crippen LogP contribution in [0.15, 0.2) is 48.8 Å². The van der Waals surface area contributed by atoms with Gasteiger partial charge in [-0.15, -0.1) is 0 Å². The van der Waals surface area contributed by atoms with Crippen molar-refractivity contribution in [3.63, 3.8) is 0 Å². The summed E-state index contributed by atoms with van der Waals surface area (Å²) in [7, 11) is 1.94. The molecule has 21 heavy (non-hydrogen) atoms. The Morgan fingerprint density at radius 2 is 2.05 bits per heavy atom. The first-order chi connectivity index (χ1) is 10.3. The Morgan fingerprint density at radius 1 is 1.19 bits per heavy atom. The average Bonchev–Trinajstić information content (AvgIpc) is 3.13. The third-order valence-corrected chi connectivity index (χ3v) is 3.42. The molecule has 5 heteroatoms. The first-order valence-corrected chi connectivity index (χ1v) is 7.10. The van der Waals surface area contributed by atoms with Crippen molar-refractivity contribution in [2.45, 2.75) is 13.0 Å². The molecule has 0 saturated carbocycles. The van der Waals surface area contributed by atoms with Gasteiger partial charge in [-0.05, 0) is 11.6 Å². The second kappa shape index (κ2) is 6.37. The Hall–Kier alpha value is -2.40. The maximum Gasteiger partial charge on any atom is 0.0695 e. The van der Waals surface area contributed by atoms with Gasteiger partial charge in [0, 0.05) is 38.3 Å². The monoisotopic (exact) mass is 281 g/mol. The van der Waals surface area contributed by atoms with Crippen molar-refractivity contribution in [3.8, 4) is 11.3 Å². The summed E-state index contributed by atoms with van der Waals surface area (Å²) in [6.07, 6.45) is 4.79. The van der Waals surface area contributed by atoms with E-state index >= 15 is 0 Å². The highest BCUT2D eigenvalue weighted by atomic mass is 15.2. The van der Waals surface area contributed by atoms with E-state index in [2.05, 4.69) is 38.8 Å². The fourth-order valence-electron chi connectivity index (χ4n) is 2.34. The van der Waals surface area contributed by atoms with Crippen molar-refractivity contribution >= 4 is 0 Å². The number of hydrogen-bond donors (Lipinski definition) is 2. The van der Waals surface area contributed by atoms with Gasteiger partial charge in [-0.1, -0.05) is 30.3 Å². The van der Waals surface area contributed by atoms with Gasteiger partial charge in [0.15, 0.2) is 0 Å². The minimum atomic E-state index is 0.799. The Balaban J connectivity index is 1.55. The number of hydrogen-bond acceptors (Lipinski definition) is 3. The smallest absolute Gasteiger partial charge is 0.0695 e. The summed E-state index contributed by atoms with van der Waals surface area (Å²) in [5.74, 6) is 0. The molecule has 2 N–H and O–H groups in total. The van der Waals surface area contributed by atoms with E-state index in [1.165, 1.54) is 5.56 Å². The Labute approximate surface area is 124 Å². The van der Waals surface area contributed by atoms with Crippen LogP contribution in [0.2, 0.25) is 0 Å². The molecule has 0 unspecified atom stereocenters. The minimum absolute atomic E-state index is 0.799. The van der Waals surface area contributed by atoms with Gasteiger partial charge in [0.05, 0.1) is 17.6 Å². The van der Waals surface area contributed by atoms with Crippen LogP contribution in [0.3, 0.4) is 0 Å².